The largest absolute Gasteiger partial charge is 0.391 e. The third-order valence-electron chi connectivity index (χ3n) is 4.83. The zero-order valence-electron chi connectivity index (χ0n) is 12.7. The van der Waals surface area contributed by atoms with Gasteiger partial charge >= 0.3 is 0 Å². The number of anilines is 1. The molecular formula is C15H25N3OS. The first-order chi connectivity index (χ1) is 9.60. The van der Waals surface area contributed by atoms with Gasteiger partial charge in [-0.15, -0.1) is 0 Å². The van der Waals surface area contributed by atoms with E-state index < -0.39 is 0 Å². The summed E-state index contributed by atoms with van der Waals surface area (Å²) in [7, 11) is 2.27. The molecular weight excluding hydrogens is 270 g/mol. The van der Waals surface area contributed by atoms with Gasteiger partial charge in [0.15, 0.2) is 5.13 Å². The van der Waals surface area contributed by atoms with Gasteiger partial charge in [-0.3, -0.25) is 4.90 Å². The van der Waals surface area contributed by atoms with E-state index in [0.29, 0.717) is 12.0 Å². The summed E-state index contributed by atoms with van der Waals surface area (Å²) in [6, 6.07) is 1.43. The molecule has 3 rings (SSSR count). The van der Waals surface area contributed by atoms with E-state index in [1.807, 2.05) is 0 Å². The lowest BCUT2D eigenvalue weighted by atomic mass is 10.1. The van der Waals surface area contributed by atoms with Crippen molar-refractivity contribution in [2.75, 3.05) is 25.0 Å². The average molecular weight is 295 g/mol. The number of hydrogen-bond donors (Lipinski definition) is 1. The highest BCUT2D eigenvalue weighted by Gasteiger charge is 2.35. The van der Waals surface area contributed by atoms with Crippen LogP contribution in [0.15, 0.2) is 0 Å². The lowest BCUT2D eigenvalue weighted by Gasteiger charge is -2.25. The lowest BCUT2D eigenvalue weighted by Crippen LogP contribution is -2.36. The smallest absolute Gasteiger partial charge is 0.185 e. The van der Waals surface area contributed by atoms with Gasteiger partial charge in [0.2, 0.25) is 0 Å². The molecule has 2 aliphatic heterocycles. The van der Waals surface area contributed by atoms with Gasteiger partial charge in [0, 0.05) is 25.2 Å². The van der Waals surface area contributed by atoms with Crippen LogP contribution in [-0.4, -0.2) is 47.2 Å². The molecule has 0 radical (unpaired) electrons. The predicted molar refractivity (Wildman–Crippen MR) is 83.5 cm³/mol. The molecule has 2 saturated heterocycles. The maximum atomic E-state index is 9.53. The third-order valence-corrected chi connectivity index (χ3v) is 5.94. The van der Waals surface area contributed by atoms with Crippen LogP contribution in [0, 0.1) is 0 Å². The monoisotopic (exact) mass is 295 g/mol. The highest BCUT2D eigenvalue weighted by atomic mass is 32.1. The first kappa shape index (κ1) is 14.3. The van der Waals surface area contributed by atoms with Gasteiger partial charge < -0.3 is 10.0 Å². The summed E-state index contributed by atoms with van der Waals surface area (Å²) < 4.78 is 0. The standard InChI is InChI=1S/C15H25N3OS/c1-10(2)14-13(9-19)20-15(16-14)18-7-6-11-4-5-12(8-18)17(11)3/h10-12,19H,4-9H2,1-3H3. The molecule has 0 aliphatic carbocycles. The van der Waals surface area contributed by atoms with Crippen LogP contribution in [0.25, 0.3) is 0 Å². The van der Waals surface area contributed by atoms with Crippen LogP contribution in [0.5, 0.6) is 0 Å². The SMILES string of the molecule is CC(C)c1nc(N2CCC3CCC(C2)N3C)sc1CO. The van der Waals surface area contributed by atoms with Crippen LogP contribution in [0.2, 0.25) is 0 Å². The minimum Gasteiger partial charge on any atom is -0.391 e. The topological polar surface area (TPSA) is 39.6 Å². The Hall–Kier alpha value is -0.650. The van der Waals surface area contributed by atoms with Gasteiger partial charge in [0.05, 0.1) is 17.2 Å². The number of thiazole rings is 1. The molecule has 112 valence electrons. The Labute approximate surface area is 125 Å². The van der Waals surface area contributed by atoms with Crippen molar-refractivity contribution < 1.29 is 5.11 Å². The van der Waals surface area contributed by atoms with Crippen LogP contribution in [0.1, 0.15) is 49.6 Å². The summed E-state index contributed by atoms with van der Waals surface area (Å²) in [5.41, 5.74) is 1.08. The van der Waals surface area contributed by atoms with Crippen LogP contribution in [0.3, 0.4) is 0 Å². The molecule has 20 heavy (non-hydrogen) atoms. The van der Waals surface area contributed by atoms with E-state index in [-0.39, 0.29) is 6.61 Å². The van der Waals surface area contributed by atoms with Crippen molar-refractivity contribution in [3.8, 4) is 0 Å². The Morgan fingerprint density at radius 3 is 2.70 bits per heavy atom. The Morgan fingerprint density at radius 1 is 1.30 bits per heavy atom. The molecule has 5 heteroatoms. The fourth-order valence-corrected chi connectivity index (χ4v) is 4.64. The van der Waals surface area contributed by atoms with Crippen molar-refractivity contribution in [3.63, 3.8) is 0 Å². The van der Waals surface area contributed by atoms with E-state index in [1.165, 1.54) is 19.3 Å². The van der Waals surface area contributed by atoms with Crippen molar-refractivity contribution in [3.05, 3.63) is 10.6 Å². The Bertz CT molecular complexity index is 474. The Kier molecular flexibility index (Phi) is 4.02. The normalized spacial score (nSPS) is 27.4. The zero-order chi connectivity index (χ0) is 14.3. The molecule has 1 N–H and O–H groups in total. The average Bonchev–Trinajstić information content (AvgIpc) is 2.92. The molecule has 0 amide bonds. The minimum atomic E-state index is 0.116. The van der Waals surface area contributed by atoms with E-state index >= 15 is 0 Å². The molecule has 1 aromatic rings. The van der Waals surface area contributed by atoms with Crippen molar-refractivity contribution in [2.24, 2.45) is 0 Å². The number of aliphatic hydroxyl groups is 1. The van der Waals surface area contributed by atoms with E-state index in [9.17, 15) is 5.11 Å². The van der Waals surface area contributed by atoms with Gasteiger partial charge in [-0.1, -0.05) is 25.2 Å². The molecule has 0 saturated carbocycles. The molecule has 2 atom stereocenters. The quantitative estimate of drug-likeness (QED) is 0.930. The summed E-state index contributed by atoms with van der Waals surface area (Å²) in [5.74, 6) is 0.383. The van der Waals surface area contributed by atoms with Crippen LogP contribution < -0.4 is 4.90 Å². The number of aromatic nitrogens is 1. The van der Waals surface area contributed by atoms with Crippen LogP contribution in [-0.2, 0) is 6.61 Å². The van der Waals surface area contributed by atoms with Gasteiger partial charge in [0.1, 0.15) is 0 Å². The molecule has 2 bridgehead atoms. The minimum absolute atomic E-state index is 0.116. The highest BCUT2D eigenvalue weighted by molar-refractivity contribution is 7.15. The predicted octanol–water partition coefficient (Wildman–Crippen LogP) is 2.43. The molecule has 3 heterocycles. The van der Waals surface area contributed by atoms with Crippen LogP contribution >= 0.6 is 11.3 Å². The summed E-state index contributed by atoms with van der Waals surface area (Å²) in [4.78, 5) is 10.9. The fraction of sp³-hybridized carbons (Fsp3) is 0.800. The zero-order valence-corrected chi connectivity index (χ0v) is 13.5. The summed E-state index contributed by atoms with van der Waals surface area (Å²) in [5, 5.41) is 10.6. The van der Waals surface area contributed by atoms with Gasteiger partial charge in [-0.2, -0.15) is 0 Å². The first-order valence-electron chi connectivity index (χ1n) is 7.67. The number of hydrogen-bond acceptors (Lipinski definition) is 5. The molecule has 2 fully saturated rings. The molecule has 1 aromatic heterocycles. The third kappa shape index (κ3) is 2.47. The Morgan fingerprint density at radius 2 is 2.05 bits per heavy atom. The number of likely N-dealkylation sites (N-methyl/N-ethyl adjacent to an activating group) is 1. The number of fused-ring (bicyclic) bond motifs is 2. The van der Waals surface area contributed by atoms with Gasteiger partial charge in [-0.25, -0.2) is 4.98 Å². The van der Waals surface area contributed by atoms with Gasteiger partial charge in [-0.05, 0) is 32.2 Å². The molecule has 2 unspecified atom stereocenters. The van der Waals surface area contributed by atoms with Crippen molar-refractivity contribution >= 4 is 16.5 Å². The lowest BCUT2D eigenvalue weighted by molar-refractivity contribution is 0.254. The number of nitrogens with zero attached hydrogens (tertiary/aromatic N) is 3. The summed E-state index contributed by atoms with van der Waals surface area (Å²) in [6.07, 6.45) is 3.90. The summed E-state index contributed by atoms with van der Waals surface area (Å²) in [6.45, 7) is 6.60. The second-order valence-electron chi connectivity index (χ2n) is 6.40. The maximum absolute atomic E-state index is 9.53. The summed E-state index contributed by atoms with van der Waals surface area (Å²) >= 11 is 1.68. The van der Waals surface area contributed by atoms with E-state index in [2.05, 4.69) is 30.7 Å². The number of rotatable bonds is 3. The number of aliphatic hydroxyl groups excluding tert-OH is 1. The van der Waals surface area contributed by atoms with Crippen molar-refractivity contribution in [2.45, 2.75) is 57.7 Å². The Balaban J connectivity index is 1.82. The fourth-order valence-electron chi connectivity index (χ4n) is 3.53. The molecule has 0 aromatic carbocycles. The van der Waals surface area contributed by atoms with E-state index in [0.717, 1.165) is 34.8 Å². The molecule has 4 nitrogen and oxygen atoms in total. The first-order valence-corrected chi connectivity index (χ1v) is 8.49. The van der Waals surface area contributed by atoms with Crippen LogP contribution in [0.4, 0.5) is 5.13 Å². The second-order valence-corrected chi connectivity index (χ2v) is 7.46. The van der Waals surface area contributed by atoms with E-state index in [4.69, 9.17) is 4.98 Å². The molecule has 2 aliphatic rings. The van der Waals surface area contributed by atoms with E-state index in [1.54, 1.807) is 11.3 Å². The highest BCUT2D eigenvalue weighted by Crippen LogP contribution is 2.35. The second kappa shape index (κ2) is 5.62. The van der Waals surface area contributed by atoms with Gasteiger partial charge in [0.25, 0.3) is 0 Å². The van der Waals surface area contributed by atoms with Crippen molar-refractivity contribution in [1.82, 2.24) is 9.88 Å². The van der Waals surface area contributed by atoms with Crippen molar-refractivity contribution in [1.29, 1.82) is 0 Å². The maximum Gasteiger partial charge on any atom is 0.185 e. The molecule has 0 spiro atoms.